The molecule has 2 aromatic rings. The molecule has 2 amide bonds. The topological polar surface area (TPSA) is 83.4 Å². The fourth-order valence-corrected chi connectivity index (χ4v) is 3.26. The number of amides is 2. The zero-order valence-corrected chi connectivity index (χ0v) is 15.5. The molecule has 0 radical (unpaired) electrons. The van der Waals surface area contributed by atoms with Crippen LogP contribution in [-0.4, -0.2) is 58.4 Å². The van der Waals surface area contributed by atoms with E-state index in [1.807, 2.05) is 36.8 Å². The summed E-state index contributed by atoms with van der Waals surface area (Å²) in [7, 11) is 7.41. The predicted molar refractivity (Wildman–Crippen MR) is 97.8 cm³/mol. The number of pyridine rings is 1. The maximum atomic E-state index is 12.8. The third kappa shape index (κ3) is 3.40. The second kappa shape index (κ2) is 7.15. The van der Waals surface area contributed by atoms with Crippen LogP contribution in [0, 0.1) is 0 Å². The van der Waals surface area contributed by atoms with Crippen molar-refractivity contribution in [1.29, 1.82) is 0 Å². The molecule has 0 spiro atoms. The van der Waals surface area contributed by atoms with E-state index < -0.39 is 0 Å². The zero-order valence-electron chi connectivity index (χ0n) is 15.5. The summed E-state index contributed by atoms with van der Waals surface area (Å²) in [6, 6.07) is 2.94. The molecule has 3 rings (SSSR count). The minimum Gasteiger partial charge on any atom is -0.363 e. The Balaban J connectivity index is 1.85. The number of rotatable bonds is 4. The van der Waals surface area contributed by atoms with E-state index in [4.69, 9.17) is 0 Å². The van der Waals surface area contributed by atoms with Crippen LogP contribution in [0.15, 0.2) is 30.7 Å². The van der Waals surface area contributed by atoms with Crippen LogP contribution in [0.3, 0.4) is 0 Å². The van der Waals surface area contributed by atoms with Gasteiger partial charge in [0, 0.05) is 58.8 Å². The van der Waals surface area contributed by atoms with Crippen molar-refractivity contribution in [1.82, 2.24) is 24.8 Å². The summed E-state index contributed by atoms with van der Waals surface area (Å²) >= 11 is 0. The molecule has 1 N–H and O–H groups in total. The Morgan fingerprint density at radius 3 is 2.69 bits per heavy atom. The van der Waals surface area contributed by atoms with Crippen LogP contribution >= 0.6 is 0 Å². The average molecular weight is 356 g/mol. The first-order chi connectivity index (χ1) is 12.4. The van der Waals surface area contributed by atoms with Crippen molar-refractivity contribution in [3.05, 3.63) is 42.1 Å². The molecule has 8 nitrogen and oxygen atoms in total. The summed E-state index contributed by atoms with van der Waals surface area (Å²) in [6.45, 7) is 0. The minimum atomic E-state index is -0.296. The highest BCUT2D eigenvalue weighted by Crippen LogP contribution is 2.30. The number of likely N-dealkylation sites (tertiary alicyclic amines) is 1. The molecule has 0 saturated carbocycles. The number of aryl methyl sites for hydroxylation is 1. The molecule has 1 fully saturated rings. The van der Waals surface area contributed by atoms with Crippen LogP contribution in [-0.2, 0) is 11.8 Å². The summed E-state index contributed by atoms with van der Waals surface area (Å²) in [6.07, 6.45) is 6.15. The number of carbonyl (C=O) groups is 2. The number of carbonyl (C=O) groups excluding carboxylic acids is 2. The van der Waals surface area contributed by atoms with E-state index >= 15 is 0 Å². The quantitative estimate of drug-likeness (QED) is 0.883. The Bertz CT molecular complexity index is 816. The van der Waals surface area contributed by atoms with Gasteiger partial charge in [-0.2, -0.15) is 0 Å². The highest BCUT2D eigenvalue weighted by atomic mass is 16.2. The number of nitrogens with zero attached hydrogens (tertiary/aromatic N) is 5. The molecule has 3 heterocycles. The SMILES string of the molecule is CN(C)c1cc(C(=O)N[C@@H]2CCC(=O)N(C)[C@H]2c2nccn2C)ccn1. The Hall–Kier alpha value is -2.90. The lowest BCUT2D eigenvalue weighted by atomic mass is 9.95. The minimum absolute atomic E-state index is 0.0577. The summed E-state index contributed by atoms with van der Waals surface area (Å²) in [5, 5.41) is 3.09. The third-order valence-corrected chi connectivity index (χ3v) is 4.77. The molecule has 2 atom stereocenters. The Kier molecular flexibility index (Phi) is 4.92. The van der Waals surface area contributed by atoms with Gasteiger partial charge >= 0.3 is 0 Å². The molecule has 1 aliphatic rings. The zero-order chi connectivity index (χ0) is 18.8. The van der Waals surface area contributed by atoms with Crippen molar-refractivity contribution in [2.75, 3.05) is 26.0 Å². The van der Waals surface area contributed by atoms with Gasteiger partial charge < -0.3 is 19.7 Å². The van der Waals surface area contributed by atoms with Crippen LogP contribution in [0.5, 0.6) is 0 Å². The second-order valence-corrected chi connectivity index (χ2v) is 6.76. The van der Waals surface area contributed by atoms with Gasteiger partial charge in [-0.15, -0.1) is 0 Å². The maximum Gasteiger partial charge on any atom is 0.251 e. The molecule has 1 aliphatic heterocycles. The van der Waals surface area contributed by atoms with Gasteiger partial charge in [-0.3, -0.25) is 9.59 Å². The van der Waals surface area contributed by atoms with E-state index in [9.17, 15) is 9.59 Å². The van der Waals surface area contributed by atoms with Crippen LogP contribution in [0.25, 0.3) is 0 Å². The molecular formula is C18H24N6O2. The van der Waals surface area contributed by atoms with Gasteiger partial charge in [0.2, 0.25) is 5.91 Å². The van der Waals surface area contributed by atoms with Crippen molar-refractivity contribution in [3.8, 4) is 0 Å². The Morgan fingerprint density at radius 1 is 1.27 bits per heavy atom. The average Bonchev–Trinajstić information content (AvgIpc) is 3.04. The number of nitrogens with one attached hydrogen (secondary N) is 1. The number of likely N-dealkylation sites (N-methyl/N-ethyl adjacent to an activating group) is 1. The van der Waals surface area contributed by atoms with Crippen molar-refractivity contribution in [2.24, 2.45) is 7.05 Å². The monoisotopic (exact) mass is 356 g/mol. The fraction of sp³-hybridized carbons (Fsp3) is 0.444. The van der Waals surface area contributed by atoms with Gasteiger partial charge in [0.15, 0.2) is 0 Å². The first-order valence-electron chi connectivity index (χ1n) is 8.55. The lowest BCUT2D eigenvalue weighted by Gasteiger charge is -2.38. The number of hydrogen-bond donors (Lipinski definition) is 1. The number of piperidine rings is 1. The van der Waals surface area contributed by atoms with Gasteiger partial charge in [-0.25, -0.2) is 9.97 Å². The number of hydrogen-bond acceptors (Lipinski definition) is 5. The van der Waals surface area contributed by atoms with E-state index in [1.54, 1.807) is 36.5 Å². The molecule has 0 unspecified atom stereocenters. The van der Waals surface area contributed by atoms with Crippen molar-refractivity contribution < 1.29 is 9.59 Å². The Labute approximate surface area is 152 Å². The molecule has 0 aromatic carbocycles. The van der Waals surface area contributed by atoms with Gasteiger partial charge in [-0.05, 0) is 18.6 Å². The van der Waals surface area contributed by atoms with E-state index in [2.05, 4.69) is 15.3 Å². The molecule has 8 heteroatoms. The number of imidazole rings is 1. The van der Waals surface area contributed by atoms with E-state index in [0.717, 1.165) is 5.82 Å². The van der Waals surface area contributed by atoms with Gasteiger partial charge in [-0.1, -0.05) is 0 Å². The second-order valence-electron chi connectivity index (χ2n) is 6.76. The molecule has 138 valence electrons. The molecule has 0 bridgehead atoms. The van der Waals surface area contributed by atoms with Gasteiger partial charge in [0.1, 0.15) is 17.7 Å². The predicted octanol–water partition coefficient (Wildman–Crippen LogP) is 0.973. The summed E-state index contributed by atoms with van der Waals surface area (Å²) in [5.74, 6) is 1.36. The van der Waals surface area contributed by atoms with Gasteiger partial charge in [0.25, 0.3) is 5.91 Å². The number of anilines is 1. The van der Waals surface area contributed by atoms with E-state index in [0.29, 0.717) is 24.2 Å². The third-order valence-electron chi connectivity index (χ3n) is 4.77. The molecule has 0 aliphatic carbocycles. The first-order valence-corrected chi connectivity index (χ1v) is 8.55. The summed E-state index contributed by atoms with van der Waals surface area (Å²) < 4.78 is 1.88. The summed E-state index contributed by atoms with van der Waals surface area (Å²) in [5.41, 5.74) is 0.543. The maximum absolute atomic E-state index is 12.8. The van der Waals surface area contributed by atoms with E-state index in [1.165, 1.54) is 0 Å². The largest absolute Gasteiger partial charge is 0.363 e. The standard InChI is InChI=1S/C18H24N6O2/c1-22(2)14-11-12(7-8-19-14)18(26)21-13-5-6-15(25)24(4)16(13)17-20-9-10-23(17)3/h7-11,13,16H,5-6H2,1-4H3,(H,21,26)/t13-,16-/m1/s1. The molecular weight excluding hydrogens is 332 g/mol. The van der Waals surface area contributed by atoms with Gasteiger partial charge in [0.05, 0.1) is 6.04 Å². The Morgan fingerprint density at radius 2 is 2.04 bits per heavy atom. The highest BCUT2D eigenvalue weighted by Gasteiger charge is 2.37. The smallest absolute Gasteiger partial charge is 0.251 e. The lowest BCUT2D eigenvalue weighted by molar-refractivity contribution is -0.136. The normalized spacial score (nSPS) is 20.2. The van der Waals surface area contributed by atoms with Crippen molar-refractivity contribution >= 4 is 17.6 Å². The summed E-state index contributed by atoms with van der Waals surface area (Å²) in [4.78, 5) is 37.1. The van der Waals surface area contributed by atoms with Crippen LogP contribution in [0.2, 0.25) is 0 Å². The van der Waals surface area contributed by atoms with E-state index in [-0.39, 0.29) is 23.9 Å². The first kappa shape index (κ1) is 17.9. The lowest BCUT2D eigenvalue weighted by Crippen LogP contribution is -2.51. The van der Waals surface area contributed by atoms with Crippen molar-refractivity contribution in [2.45, 2.75) is 24.9 Å². The molecule has 26 heavy (non-hydrogen) atoms. The highest BCUT2D eigenvalue weighted by molar-refractivity contribution is 5.95. The molecule has 1 saturated heterocycles. The molecule has 2 aromatic heterocycles. The number of aromatic nitrogens is 3. The fourth-order valence-electron chi connectivity index (χ4n) is 3.26. The van der Waals surface area contributed by atoms with Crippen LogP contribution in [0.4, 0.5) is 5.82 Å². The van der Waals surface area contributed by atoms with Crippen LogP contribution < -0.4 is 10.2 Å². The van der Waals surface area contributed by atoms with Crippen molar-refractivity contribution in [3.63, 3.8) is 0 Å². The van der Waals surface area contributed by atoms with Crippen LogP contribution in [0.1, 0.15) is 35.1 Å².